The summed E-state index contributed by atoms with van der Waals surface area (Å²) in [5, 5.41) is 2.83. The van der Waals surface area contributed by atoms with Crippen LogP contribution >= 0.6 is 0 Å². The molecule has 0 aliphatic carbocycles. The summed E-state index contributed by atoms with van der Waals surface area (Å²) >= 11 is 0. The summed E-state index contributed by atoms with van der Waals surface area (Å²) in [5.41, 5.74) is 8.53. The first-order valence-corrected chi connectivity index (χ1v) is 6.64. The van der Waals surface area contributed by atoms with Crippen LogP contribution in [0.2, 0.25) is 0 Å². The van der Waals surface area contributed by atoms with Gasteiger partial charge in [-0.1, -0.05) is 24.0 Å². The smallest absolute Gasteiger partial charge is 0.257 e. The second-order valence-corrected chi connectivity index (χ2v) is 4.66. The number of hydrogen-bond acceptors (Lipinski definition) is 3. The molecule has 2 aromatic rings. The van der Waals surface area contributed by atoms with E-state index >= 15 is 0 Å². The van der Waals surface area contributed by atoms with Gasteiger partial charge in [0.2, 0.25) is 0 Å². The molecule has 1 aromatic carbocycles. The van der Waals surface area contributed by atoms with Crippen molar-refractivity contribution in [1.29, 1.82) is 0 Å². The normalized spacial score (nSPS) is 9.67. The van der Waals surface area contributed by atoms with E-state index in [9.17, 15) is 4.79 Å². The number of carbonyl (C=O) groups excluding carboxylic acids is 1. The molecule has 2 rings (SSSR count). The van der Waals surface area contributed by atoms with Crippen molar-refractivity contribution in [3.8, 4) is 11.8 Å². The molecule has 1 amide bonds. The number of benzene rings is 1. The SMILES string of the molecule is Cc1ccc(C#CCN)cc1C(=O)Nc1ncccc1C. The molecule has 0 fully saturated rings. The lowest BCUT2D eigenvalue weighted by Gasteiger charge is -2.09. The Hall–Kier alpha value is -2.64. The lowest BCUT2D eigenvalue weighted by atomic mass is 10.0. The first-order valence-electron chi connectivity index (χ1n) is 6.64. The van der Waals surface area contributed by atoms with Crippen molar-refractivity contribution in [2.45, 2.75) is 13.8 Å². The molecule has 0 radical (unpaired) electrons. The van der Waals surface area contributed by atoms with Crippen molar-refractivity contribution in [1.82, 2.24) is 4.98 Å². The van der Waals surface area contributed by atoms with Gasteiger partial charge in [0.25, 0.3) is 5.91 Å². The molecule has 21 heavy (non-hydrogen) atoms. The zero-order valence-corrected chi connectivity index (χ0v) is 12.1. The lowest BCUT2D eigenvalue weighted by Crippen LogP contribution is -2.15. The largest absolute Gasteiger partial charge is 0.320 e. The Kier molecular flexibility index (Phi) is 4.70. The minimum Gasteiger partial charge on any atom is -0.320 e. The van der Waals surface area contributed by atoms with E-state index in [2.05, 4.69) is 22.1 Å². The Bertz CT molecular complexity index is 726. The van der Waals surface area contributed by atoms with Crippen LogP contribution in [0.3, 0.4) is 0 Å². The number of nitrogens with one attached hydrogen (secondary N) is 1. The Morgan fingerprint density at radius 2 is 2.10 bits per heavy atom. The Morgan fingerprint density at radius 1 is 1.29 bits per heavy atom. The van der Waals surface area contributed by atoms with Gasteiger partial charge in [0.05, 0.1) is 6.54 Å². The maximum Gasteiger partial charge on any atom is 0.257 e. The summed E-state index contributed by atoms with van der Waals surface area (Å²) in [6.07, 6.45) is 1.65. The summed E-state index contributed by atoms with van der Waals surface area (Å²) in [5.74, 6) is 6.09. The fraction of sp³-hybridized carbons (Fsp3) is 0.176. The average Bonchev–Trinajstić information content (AvgIpc) is 2.48. The van der Waals surface area contributed by atoms with Gasteiger partial charge in [0.1, 0.15) is 5.82 Å². The predicted octanol–water partition coefficient (Wildman–Crippen LogP) is 2.26. The lowest BCUT2D eigenvalue weighted by molar-refractivity contribution is 0.102. The average molecular weight is 279 g/mol. The first-order chi connectivity index (χ1) is 10.1. The number of hydrogen-bond donors (Lipinski definition) is 2. The molecule has 0 saturated carbocycles. The van der Waals surface area contributed by atoms with Gasteiger partial charge in [0, 0.05) is 17.3 Å². The molecule has 0 aliphatic rings. The van der Waals surface area contributed by atoms with Crippen molar-refractivity contribution >= 4 is 11.7 Å². The minimum absolute atomic E-state index is 0.189. The third kappa shape index (κ3) is 3.68. The summed E-state index contributed by atoms with van der Waals surface area (Å²) in [7, 11) is 0. The topological polar surface area (TPSA) is 68.0 Å². The molecule has 1 aromatic heterocycles. The molecular weight excluding hydrogens is 262 g/mol. The molecule has 0 bridgehead atoms. The summed E-state index contributed by atoms with van der Waals surface area (Å²) in [6, 6.07) is 9.25. The predicted molar refractivity (Wildman–Crippen MR) is 84.0 cm³/mol. The van der Waals surface area contributed by atoms with Gasteiger partial charge < -0.3 is 11.1 Å². The Labute approximate surface area is 124 Å². The second-order valence-electron chi connectivity index (χ2n) is 4.66. The molecule has 0 atom stereocenters. The molecule has 106 valence electrons. The van der Waals surface area contributed by atoms with Gasteiger partial charge in [-0.05, 0) is 43.2 Å². The van der Waals surface area contributed by atoms with Crippen molar-refractivity contribution < 1.29 is 4.79 Å². The summed E-state index contributed by atoms with van der Waals surface area (Å²) in [4.78, 5) is 16.6. The molecule has 0 saturated heterocycles. The van der Waals surface area contributed by atoms with Crippen LogP contribution in [0.25, 0.3) is 0 Å². The molecule has 0 aliphatic heterocycles. The highest BCUT2D eigenvalue weighted by atomic mass is 16.1. The maximum atomic E-state index is 12.4. The minimum atomic E-state index is -0.189. The number of aryl methyl sites for hydroxylation is 2. The zero-order chi connectivity index (χ0) is 15.2. The highest BCUT2D eigenvalue weighted by molar-refractivity contribution is 6.05. The van der Waals surface area contributed by atoms with E-state index in [1.165, 1.54) is 0 Å². The van der Waals surface area contributed by atoms with E-state index in [4.69, 9.17) is 5.73 Å². The van der Waals surface area contributed by atoms with E-state index in [1.807, 2.05) is 38.1 Å². The van der Waals surface area contributed by atoms with Gasteiger partial charge in [-0.3, -0.25) is 4.79 Å². The summed E-state index contributed by atoms with van der Waals surface area (Å²) in [6.45, 7) is 4.08. The summed E-state index contributed by atoms with van der Waals surface area (Å²) < 4.78 is 0. The molecule has 0 spiro atoms. The van der Waals surface area contributed by atoms with Crippen LogP contribution in [0.4, 0.5) is 5.82 Å². The van der Waals surface area contributed by atoms with Gasteiger partial charge in [-0.2, -0.15) is 0 Å². The second kappa shape index (κ2) is 6.69. The van der Waals surface area contributed by atoms with Crippen molar-refractivity contribution in [3.05, 3.63) is 58.8 Å². The van der Waals surface area contributed by atoms with Crippen LogP contribution in [0.5, 0.6) is 0 Å². The quantitative estimate of drug-likeness (QED) is 0.829. The Balaban J connectivity index is 2.28. The number of pyridine rings is 1. The number of carbonyl (C=O) groups is 1. The van der Waals surface area contributed by atoms with E-state index in [0.29, 0.717) is 17.9 Å². The van der Waals surface area contributed by atoms with Crippen LogP contribution in [-0.4, -0.2) is 17.4 Å². The van der Waals surface area contributed by atoms with Crippen molar-refractivity contribution in [3.63, 3.8) is 0 Å². The molecule has 0 unspecified atom stereocenters. The number of aromatic nitrogens is 1. The zero-order valence-electron chi connectivity index (χ0n) is 12.1. The van der Waals surface area contributed by atoms with E-state index in [1.54, 1.807) is 12.3 Å². The Morgan fingerprint density at radius 3 is 2.81 bits per heavy atom. The number of rotatable bonds is 2. The van der Waals surface area contributed by atoms with E-state index < -0.39 is 0 Å². The molecule has 1 heterocycles. The molecule has 4 heteroatoms. The van der Waals surface area contributed by atoms with Crippen LogP contribution in [-0.2, 0) is 0 Å². The van der Waals surface area contributed by atoms with Crippen LogP contribution in [0.15, 0.2) is 36.5 Å². The third-order valence-electron chi connectivity index (χ3n) is 3.06. The fourth-order valence-corrected chi connectivity index (χ4v) is 1.89. The van der Waals surface area contributed by atoms with Gasteiger partial charge in [-0.25, -0.2) is 4.98 Å². The van der Waals surface area contributed by atoms with E-state index in [-0.39, 0.29) is 5.91 Å². The first kappa shape index (κ1) is 14.8. The molecule has 3 N–H and O–H groups in total. The standard InChI is InChI=1S/C17H17N3O/c1-12-7-8-14(6-3-9-18)11-15(12)17(21)20-16-13(2)5-4-10-19-16/h4-5,7-8,10-11H,9,18H2,1-2H3,(H,19,20,21). The fourth-order valence-electron chi connectivity index (χ4n) is 1.89. The van der Waals surface area contributed by atoms with Gasteiger partial charge in [0.15, 0.2) is 0 Å². The molecular formula is C17H17N3O. The number of amides is 1. The molecule has 4 nitrogen and oxygen atoms in total. The number of nitrogens with zero attached hydrogens (tertiary/aromatic N) is 1. The van der Waals surface area contributed by atoms with Crippen molar-refractivity contribution in [2.75, 3.05) is 11.9 Å². The van der Waals surface area contributed by atoms with Crippen LogP contribution in [0.1, 0.15) is 27.0 Å². The maximum absolute atomic E-state index is 12.4. The van der Waals surface area contributed by atoms with Crippen LogP contribution in [0, 0.1) is 25.7 Å². The van der Waals surface area contributed by atoms with Gasteiger partial charge in [-0.15, -0.1) is 0 Å². The monoisotopic (exact) mass is 279 g/mol. The number of anilines is 1. The highest BCUT2D eigenvalue weighted by Gasteiger charge is 2.11. The number of nitrogens with two attached hydrogens (primary N) is 1. The highest BCUT2D eigenvalue weighted by Crippen LogP contribution is 2.15. The van der Waals surface area contributed by atoms with Gasteiger partial charge >= 0.3 is 0 Å². The van der Waals surface area contributed by atoms with E-state index in [0.717, 1.165) is 16.7 Å². The third-order valence-corrected chi connectivity index (χ3v) is 3.06. The van der Waals surface area contributed by atoms with Crippen LogP contribution < -0.4 is 11.1 Å². The van der Waals surface area contributed by atoms with Crippen molar-refractivity contribution in [2.24, 2.45) is 5.73 Å².